The van der Waals surface area contributed by atoms with Crippen molar-refractivity contribution in [1.82, 2.24) is 9.78 Å². The minimum atomic E-state index is 0.0375. The van der Waals surface area contributed by atoms with Gasteiger partial charge in [0, 0.05) is 5.39 Å². The smallest absolute Gasteiger partial charge is 0.0691 e. The van der Waals surface area contributed by atoms with E-state index in [1.54, 1.807) is 0 Å². The Labute approximate surface area is 104 Å². The first-order chi connectivity index (χ1) is 7.93. The van der Waals surface area contributed by atoms with Gasteiger partial charge in [0.1, 0.15) is 0 Å². The summed E-state index contributed by atoms with van der Waals surface area (Å²) in [5.74, 6) is 0.614. The molecule has 1 atom stereocenters. The van der Waals surface area contributed by atoms with Gasteiger partial charge in [0.15, 0.2) is 0 Å². The summed E-state index contributed by atoms with van der Waals surface area (Å²) in [6.45, 7) is 11.1. The van der Waals surface area contributed by atoms with Crippen molar-refractivity contribution >= 4 is 10.9 Å². The summed E-state index contributed by atoms with van der Waals surface area (Å²) in [6.07, 6.45) is 3.14. The van der Waals surface area contributed by atoms with Crippen LogP contribution in [0.1, 0.15) is 52.5 Å². The second-order valence-corrected chi connectivity index (χ2v) is 5.85. The van der Waals surface area contributed by atoms with Gasteiger partial charge in [-0.3, -0.25) is 4.68 Å². The summed E-state index contributed by atoms with van der Waals surface area (Å²) in [6, 6.07) is 6.71. The molecule has 2 nitrogen and oxygen atoms in total. The van der Waals surface area contributed by atoms with Crippen LogP contribution in [0, 0.1) is 0 Å². The Hall–Kier alpha value is -1.31. The van der Waals surface area contributed by atoms with Crippen molar-refractivity contribution in [3.63, 3.8) is 0 Å². The first kappa shape index (κ1) is 12.2. The summed E-state index contributed by atoms with van der Waals surface area (Å²) in [7, 11) is 0. The number of rotatable bonds is 2. The van der Waals surface area contributed by atoms with Gasteiger partial charge in [-0.25, -0.2) is 0 Å². The molecule has 1 aromatic carbocycles. The predicted molar refractivity (Wildman–Crippen MR) is 73.4 cm³/mol. The molecule has 0 spiro atoms. The zero-order chi connectivity index (χ0) is 12.6. The minimum Gasteiger partial charge on any atom is -0.260 e. The molecule has 0 radical (unpaired) electrons. The zero-order valence-corrected chi connectivity index (χ0v) is 11.5. The van der Waals surface area contributed by atoms with Gasteiger partial charge in [-0.1, -0.05) is 26.0 Å². The van der Waals surface area contributed by atoms with E-state index in [1.807, 2.05) is 6.20 Å². The van der Waals surface area contributed by atoms with E-state index >= 15 is 0 Å². The van der Waals surface area contributed by atoms with Crippen molar-refractivity contribution in [3.8, 4) is 0 Å². The van der Waals surface area contributed by atoms with Crippen molar-refractivity contribution in [2.24, 2.45) is 0 Å². The lowest BCUT2D eigenvalue weighted by molar-refractivity contribution is 0.368. The quantitative estimate of drug-likeness (QED) is 0.752. The molecule has 0 N–H and O–H groups in total. The molecule has 0 fully saturated rings. The molecule has 2 heteroatoms. The molecule has 1 heterocycles. The van der Waals surface area contributed by atoms with E-state index < -0.39 is 0 Å². The lowest BCUT2D eigenvalue weighted by Crippen LogP contribution is -2.22. The first-order valence-corrected chi connectivity index (χ1v) is 6.41. The van der Waals surface area contributed by atoms with Crippen LogP contribution >= 0.6 is 0 Å². The molecule has 2 aromatic rings. The fraction of sp³-hybridized carbons (Fsp3) is 0.533. The summed E-state index contributed by atoms with van der Waals surface area (Å²) in [5.41, 5.74) is 2.69. The van der Waals surface area contributed by atoms with Crippen molar-refractivity contribution in [3.05, 3.63) is 30.0 Å². The van der Waals surface area contributed by atoms with Gasteiger partial charge < -0.3 is 0 Å². The minimum absolute atomic E-state index is 0.0375. The molecular formula is C15H22N2. The first-order valence-electron chi connectivity index (χ1n) is 6.41. The van der Waals surface area contributed by atoms with E-state index in [0.29, 0.717) is 5.92 Å². The van der Waals surface area contributed by atoms with Crippen LogP contribution in [0.25, 0.3) is 10.9 Å². The summed E-state index contributed by atoms with van der Waals surface area (Å²) < 4.78 is 2.12. The lowest BCUT2D eigenvalue weighted by Gasteiger charge is -2.21. The molecule has 0 saturated heterocycles. The van der Waals surface area contributed by atoms with Gasteiger partial charge in [-0.15, -0.1) is 0 Å². The highest BCUT2D eigenvalue weighted by Gasteiger charge is 2.17. The van der Waals surface area contributed by atoms with E-state index in [9.17, 15) is 0 Å². The molecule has 0 saturated carbocycles. The Morgan fingerprint density at radius 2 is 2.00 bits per heavy atom. The number of nitrogens with zero attached hydrogens (tertiary/aromatic N) is 2. The highest BCUT2D eigenvalue weighted by atomic mass is 15.3. The summed E-state index contributed by atoms with van der Waals surface area (Å²) in [4.78, 5) is 0. The molecule has 0 aliphatic rings. The normalized spacial score (nSPS) is 14.2. The highest BCUT2D eigenvalue weighted by molar-refractivity contribution is 5.79. The Bertz CT molecular complexity index is 517. The number of hydrogen-bond donors (Lipinski definition) is 0. The second kappa shape index (κ2) is 4.17. The van der Waals surface area contributed by atoms with Crippen LogP contribution in [0.4, 0.5) is 0 Å². The third kappa shape index (κ3) is 2.21. The van der Waals surface area contributed by atoms with Crippen LogP contribution in [0.3, 0.4) is 0 Å². The molecule has 17 heavy (non-hydrogen) atoms. The Morgan fingerprint density at radius 1 is 1.29 bits per heavy atom. The van der Waals surface area contributed by atoms with Gasteiger partial charge in [0.2, 0.25) is 0 Å². The standard InChI is InChI=1S/C15H22N2/c1-6-11(2)12-7-8-13-10-16-17(14(13)9-12)15(3,4)5/h7-11H,6H2,1-5H3. The van der Waals surface area contributed by atoms with E-state index in [4.69, 9.17) is 0 Å². The number of hydrogen-bond acceptors (Lipinski definition) is 1. The molecule has 1 unspecified atom stereocenters. The van der Waals surface area contributed by atoms with Crippen LogP contribution in [-0.4, -0.2) is 9.78 Å². The maximum atomic E-state index is 4.51. The zero-order valence-electron chi connectivity index (χ0n) is 11.5. The Morgan fingerprint density at radius 3 is 2.59 bits per heavy atom. The van der Waals surface area contributed by atoms with Crippen LogP contribution in [0.2, 0.25) is 0 Å². The molecule has 2 rings (SSSR count). The largest absolute Gasteiger partial charge is 0.260 e. The number of aromatic nitrogens is 2. The van der Waals surface area contributed by atoms with Gasteiger partial charge in [-0.2, -0.15) is 5.10 Å². The van der Waals surface area contributed by atoms with Crippen LogP contribution in [0.15, 0.2) is 24.4 Å². The Kier molecular flexibility index (Phi) is 2.98. The molecule has 0 amide bonds. The van der Waals surface area contributed by atoms with Crippen LogP contribution in [0.5, 0.6) is 0 Å². The third-order valence-corrected chi connectivity index (χ3v) is 3.41. The summed E-state index contributed by atoms with van der Waals surface area (Å²) >= 11 is 0. The maximum absolute atomic E-state index is 4.51. The SMILES string of the molecule is CCC(C)c1ccc2cnn(C(C)(C)C)c2c1. The molecule has 92 valence electrons. The number of fused-ring (bicyclic) bond motifs is 1. The third-order valence-electron chi connectivity index (χ3n) is 3.41. The lowest BCUT2D eigenvalue weighted by atomic mass is 9.97. The fourth-order valence-corrected chi connectivity index (χ4v) is 2.11. The van der Waals surface area contributed by atoms with Gasteiger partial charge in [0.05, 0.1) is 17.3 Å². The van der Waals surface area contributed by atoms with E-state index in [1.165, 1.54) is 22.9 Å². The average molecular weight is 230 g/mol. The van der Waals surface area contributed by atoms with Gasteiger partial charge >= 0.3 is 0 Å². The van der Waals surface area contributed by atoms with Crippen molar-refractivity contribution in [2.75, 3.05) is 0 Å². The van der Waals surface area contributed by atoms with Gasteiger partial charge in [0.25, 0.3) is 0 Å². The second-order valence-electron chi connectivity index (χ2n) is 5.85. The Balaban J connectivity index is 2.58. The van der Waals surface area contributed by atoms with Crippen molar-refractivity contribution < 1.29 is 0 Å². The molecule has 0 aliphatic carbocycles. The van der Waals surface area contributed by atoms with E-state index in [0.717, 1.165) is 0 Å². The van der Waals surface area contributed by atoms with Gasteiger partial charge in [-0.05, 0) is 44.7 Å². The van der Waals surface area contributed by atoms with Crippen molar-refractivity contribution in [1.29, 1.82) is 0 Å². The topological polar surface area (TPSA) is 17.8 Å². The average Bonchev–Trinajstić information content (AvgIpc) is 2.70. The molecule has 0 bridgehead atoms. The monoisotopic (exact) mass is 230 g/mol. The van der Waals surface area contributed by atoms with Crippen LogP contribution in [-0.2, 0) is 5.54 Å². The summed E-state index contributed by atoms with van der Waals surface area (Å²) in [5, 5.41) is 5.74. The molecule has 0 aliphatic heterocycles. The van der Waals surface area contributed by atoms with E-state index in [2.05, 4.69) is 62.6 Å². The maximum Gasteiger partial charge on any atom is 0.0691 e. The highest BCUT2D eigenvalue weighted by Crippen LogP contribution is 2.26. The number of benzene rings is 1. The fourth-order valence-electron chi connectivity index (χ4n) is 2.11. The van der Waals surface area contributed by atoms with E-state index in [-0.39, 0.29) is 5.54 Å². The molecule has 1 aromatic heterocycles. The van der Waals surface area contributed by atoms with Crippen molar-refractivity contribution in [2.45, 2.75) is 52.5 Å². The van der Waals surface area contributed by atoms with Crippen LogP contribution < -0.4 is 0 Å². The predicted octanol–water partition coefficient (Wildman–Crippen LogP) is 4.30. The molecular weight excluding hydrogens is 208 g/mol.